The summed E-state index contributed by atoms with van der Waals surface area (Å²) >= 11 is 1.53. The van der Waals surface area contributed by atoms with Gasteiger partial charge in [-0.25, -0.2) is 4.79 Å². The summed E-state index contributed by atoms with van der Waals surface area (Å²) in [4.78, 5) is 25.6. The summed E-state index contributed by atoms with van der Waals surface area (Å²) in [6.07, 6.45) is 3.24. The molecule has 2 bridgehead atoms. The Hall–Kier alpha value is -0.750. The number of hydrogen-bond donors (Lipinski definition) is 2. The minimum Gasteiger partial charge on any atom is -0.480 e. The third kappa shape index (κ3) is 1.96. The molecule has 3 fully saturated rings. The zero-order valence-electron chi connectivity index (χ0n) is 11.0. The molecule has 6 unspecified atom stereocenters. The van der Waals surface area contributed by atoms with E-state index in [0.717, 1.165) is 19.3 Å². The predicted octanol–water partition coefficient (Wildman–Crippen LogP) is 0.734. The number of thioether (sulfide) groups is 1. The number of fused-ring (bicyclic) bond motifs is 2. The van der Waals surface area contributed by atoms with Crippen LogP contribution >= 0.6 is 11.8 Å². The van der Waals surface area contributed by atoms with E-state index >= 15 is 0 Å². The second-order valence-electron chi connectivity index (χ2n) is 5.97. The summed E-state index contributed by atoms with van der Waals surface area (Å²) < 4.78 is 0. The molecule has 2 aliphatic carbocycles. The first-order valence-corrected chi connectivity index (χ1v) is 7.97. The molecule has 0 spiro atoms. The van der Waals surface area contributed by atoms with Gasteiger partial charge < -0.3 is 15.7 Å². The summed E-state index contributed by atoms with van der Waals surface area (Å²) in [5, 5.41) is 9.20. The lowest BCUT2D eigenvalue weighted by atomic mass is 9.83. The molecule has 19 heavy (non-hydrogen) atoms. The van der Waals surface area contributed by atoms with Crippen molar-refractivity contribution in [3.05, 3.63) is 0 Å². The number of carboxylic acid groups (broad SMARTS) is 1. The van der Waals surface area contributed by atoms with Crippen molar-refractivity contribution in [2.75, 3.05) is 5.75 Å². The van der Waals surface area contributed by atoms with Gasteiger partial charge in [0.25, 0.3) is 0 Å². The highest BCUT2D eigenvalue weighted by molar-refractivity contribution is 8.00. The molecule has 0 aromatic carbocycles. The number of hydrogen-bond acceptors (Lipinski definition) is 4. The Kier molecular flexibility index (Phi) is 3.25. The molecule has 6 heteroatoms. The van der Waals surface area contributed by atoms with Crippen molar-refractivity contribution in [3.63, 3.8) is 0 Å². The molecule has 0 aromatic heterocycles. The van der Waals surface area contributed by atoms with Crippen LogP contribution in [-0.2, 0) is 9.59 Å². The molecule has 1 heterocycles. The number of aliphatic carboxylic acids is 1. The lowest BCUT2D eigenvalue weighted by molar-refractivity contribution is -0.151. The summed E-state index contributed by atoms with van der Waals surface area (Å²) in [6.45, 7) is 1.91. The summed E-state index contributed by atoms with van der Waals surface area (Å²) in [5.74, 6) is 0.249. The quantitative estimate of drug-likeness (QED) is 0.781. The first-order valence-electron chi connectivity index (χ1n) is 6.93. The monoisotopic (exact) mass is 284 g/mol. The van der Waals surface area contributed by atoms with Crippen LogP contribution in [0.3, 0.4) is 0 Å². The van der Waals surface area contributed by atoms with Crippen LogP contribution in [-0.4, -0.2) is 45.1 Å². The largest absolute Gasteiger partial charge is 0.480 e. The van der Waals surface area contributed by atoms with E-state index in [1.165, 1.54) is 11.8 Å². The van der Waals surface area contributed by atoms with E-state index in [2.05, 4.69) is 0 Å². The zero-order chi connectivity index (χ0) is 13.7. The first kappa shape index (κ1) is 13.2. The molecule has 1 aliphatic heterocycles. The second-order valence-corrected chi connectivity index (χ2v) is 7.32. The SMILES string of the molecule is CC1SCC(C(=O)O)N1C(=O)C1C2CCC(C2)C1N. The van der Waals surface area contributed by atoms with Gasteiger partial charge in [0.2, 0.25) is 5.91 Å². The average Bonchev–Trinajstić information content (AvgIpc) is 3.01. The Morgan fingerprint density at radius 1 is 1.32 bits per heavy atom. The van der Waals surface area contributed by atoms with Crippen molar-refractivity contribution < 1.29 is 14.7 Å². The molecular formula is C13H20N2O3S. The number of nitrogens with zero attached hydrogens (tertiary/aromatic N) is 1. The molecule has 0 aromatic rings. The average molecular weight is 284 g/mol. The van der Waals surface area contributed by atoms with Crippen molar-refractivity contribution in [3.8, 4) is 0 Å². The maximum atomic E-state index is 12.7. The van der Waals surface area contributed by atoms with Gasteiger partial charge in [-0.1, -0.05) is 0 Å². The maximum Gasteiger partial charge on any atom is 0.327 e. The fourth-order valence-corrected chi connectivity index (χ4v) is 5.22. The molecule has 3 N–H and O–H groups in total. The smallest absolute Gasteiger partial charge is 0.327 e. The molecule has 5 nitrogen and oxygen atoms in total. The van der Waals surface area contributed by atoms with Crippen LogP contribution in [0.25, 0.3) is 0 Å². The standard InChI is InChI=1S/C13H20N2O3S/c1-6-15(9(5-19-6)13(17)18)12(16)10-7-2-3-8(4-7)11(10)14/h6-11H,2-5,14H2,1H3,(H,17,18). The second kappa shape index (κ2) is 4.66. The van der Waals surface area contributed by atoms with Gasteiger partial charge in [-0.05, 0) is 38.0 Å². The van der Waals surface area contributed by atoms with Crippen LogP contribution < -0.4 is 5.73 Å². The third-order valence-corrected chi connectivity index (χ3v) is 6.25. The van der Waals surface area contributed by atoms with Gasteiger partial charge in [0.1, 0.15) is 6.04 Å². The number of nitrogens with two attached hydrogens (primary N) is 1. The van der Waals surface area contributed by atoms with Gasteiger partial charge >= 0.3 is 5.97 Å². The number of amides is 1. The fraction of sp³-hybridized carbons (Fsp3) is 0.846. The van der Waals surface area contributed by atoms with Crippen molar-refractivity contribution >= 4 is 23.6 Å². The Morgan fingerprint density at radius 2 is 2.00 bits per heavy atom. The highest BCUT2D eigenvalue weighted by atomic mass is 32.2. The molecule has 0 radical (unpaired) electrons. The van der Waals surface area contributed by atoms with Gasteiger partial charge in [-0.2, -0.15) is 0 Å². The summed E-state index contributed by atoms with van der Waals surface area (Å²) in [5.41, 5.74) is 6.20. The van der Waals surface area contributed by atoms with Gasteiger partial charge in [-0.15, -0.1) is 11.8 Å². The van der Waals surface area contributed by atoms with Crippen LogP contribution in [0.4, 0.5) is 0 Å². The van der Waals surface area contributed by atoms with Gasteiger partial charge in [0.15, 0.2) is 0 Å². The Balaban J connectivity index is 1.81. The third-order valence-electron chi connectivity index (χ3n) is 5.03. The van der Waals surface area contributed by atoms with Gasteiger partial charge in [0.05, 0.1) is 11.3 Å². The molecule has 2 saturated carbocycles. The summed E-state index contributed by atoms with van der Waals surface area (Å²) in [6, 6.07) is -0.752. The van der Waals surface area contributed by atoms with E-state index in [-0.39, 0.29) is 23.2 Å². The minimum atomic E-state index is -0.901. The Bertz CT molecular complexity index is 415. The molecule has 3 rings (SSSR count). The van der Waals surface area contributed by atoms with E-state index in [4.69, 9.17) is 5.73 Å². The Labute approximate surface area is 116 Å². The molecule has 1 saturated heterocycles. The summed E-state index contributed by atoms with van der Waals surface area (Å²) in [7, 11) is 0. The van der Waals surface area contributed by atoms with Crippen molar-refractivity contribution in [2.24, 2.45) is 23.5 Å². The van der Waals surface area contributed by atoms with Crippen molar-refractivity contribution in [1.82, 2.24) is 4.90 Å². The van der Waals surface area contributed by atoms with Crippen molar-refractivity contribution in [2.45, 2.75) is 43.6 Å². The molecule has 3 aliphatic rings. The number of carboxylic acids is 1. The van der Waals surface area contributed by atoms with Crippen LogP contribution in [0.5, 0.6) is 0 Å². The predicted molar refractivity (Wildman–Crippen MR) is 72.5 cm³/mol. The van der Waals surface area contributed by atoms with Gasteiger partial charge in [-0.3, -0.25) is 4.79 Å². The minimum absolute atomic E-state index is 0.0235. The van der Waals surface area contributed by atoms with Crippen molar-refractivity contribution in [1.29, 1.82) is 0 Å². The van der Waals surface area contributed by atoms with E-state index in [1.807, 2.05) is 6.92 Å². The number of rotatable bonds is 2. The van der Waals surface area contributed by atoms with Crippen LogP contribution in [0.2, 0.25) is 0 Å². The molecular weight excluding hydrogens is 264 g/mol. The molecule has 106 valence electrons. The first-order chi connectivity index (χ1) is 9.00. The number of carbonyl (C=O) groups is 2. The molecule has 1 amide bonds. The van der Waals surface area contributed by atoms with Gasteiger partial charge in [0, 0.05) is 11.8 Å². The lowest BCUT2D eigenvalue weighted by Gasteiger charge is -2.34. The fourth-order valence-electron chi connectivity index (χ4n) is 4.04. The number of carbonyl (C=O) groups excluding carboxylic acids is 1. The topological polar surface area (TPSA) is 83.6 Å². The van der Waals surface area contributed by atoms with E-state index < -0.39 is 12.0 Å². The normalized spacial score (nSPS) is 44.8. The van der Waals surface area contributed by atoms with E-state index in [0.29, 0.717) is 17.6 Å². The Morgan fingerprint density at radius 3 is 2.58 bits per heavy atom. The van der Waals surface area contributed by atoms with Crippen LogP contribution in [0, 0.1) is 17.8 Å². The lowest BCUT2D eigenvalue weighted by Crippen LogP contribution is -2.52. The highest BCUT2D eigenvalue weighted by Gasteiger charge is 2.52. The zero-order valence-corrected chi connectivity index (χ0v) is 11.8. The van der Waals surface area contributed by atoms with Crippen LogP contribution in [0.15, 0.2) is 0 Å². The maximum absolute atomic E-state index is 12.7. The van der Waals surface area contributed by atoms with E-state index in [1.54, 1.807) is 4.90 Å². The molecule has 6 atom stereocenters. The van der Waals surface area contributed by atoms with Crippen LogP contribution in [0.1, 0.15) is 26.2 Å². The highest BCUT2D eigenvalue weighted by Crippen LogP contribution is 2.49. The van der Waals surface area contributed by atoms with E-state index in [9.17, 15) is 14.7 Å².